The van der Waals surface area contributed by atoms with Crippen LogP contribution < -0.4 is 15.0 Å². The molecule has 0 saturated carbocycles. The molecule has 2 heterocycles. The number of para-hydroxylation sites is 1. The van der Waals surface area contributed by atoms with E-state index >= 15 is 0 Å². The Labute approximate surface area is 142 Å². The standard InChI is InChI=1S/C16H14N4O5/c1-10(16(22)17-11-5-3-2-4-6-11)19-14(21)9-25-12-7-8-13(20(23)24)18-15(12)19/h2-8,10H,9H2,1H3,(H,17,22). The molecule has 2 amide bonds. The number of nitrogens with one attached hydrogen (secondary N) is 1. The molecule has 9 nitrogen and oxygen atoms in total. The first-order valence-corrected chi connectivity index (χ1v) is 7.43. The lowest BCUT2D eigenvalue weighted by atomic mass is 10.2. The van der Waals surface area contributed by atoms with E-state index in [9.17, 15) is 19.7 Å². The summed E-state index contributed by atoms with van der Waals surface area (Å²) in [5, 5.41) is 13.6. The van der Waals surface area contributed by atoms with Crippen molar-refractivity contribution in [2.75, 3.05) is 16.8 Å². The summed E-state index contributed by atoms with van der Waals surface area (Å²) in [6, 6.07) is 10.4. The summed E-state index contributed by atoms with van der Waals surface area (Å²) >= 11 is 0. The number of benzene rings is 1. The van der Waals surface area contributed by atoms with E-state index < -0.39 is 28.6 Å². The first-order chi connectivity index (χ1) is 12.0. The second-order valence-corrected chi connectivity index (χ2v) is 5.33. The SMILES string of the molecule is CC(C(=O)Nc1ccccc1)N1C(=O)COc2ccc([N+](=O)[O-])nc21. The minimum atomic E-state index is -0.926. The van der Waals surface area contributed by atoms with Crippen LogP contribution in [-0.4, -0.2) is 34.4 Å². The zero-order valence-corrected chi connectivity index (χ0v) is 13.2. The molecule has 1 N–H and O–H groups in total. The third-order valence-corrected chi connectivity index (χ3v) is 3.67. The van der Waals surface area contributed by atoms with Gasteiger partial charge in [0.15, 0.2) is 12.4 Å². The molecule has 0 aliphatic carbocycles. The van der Waals surface area contributed by atoms with Crippen molar-refractivity contribution in [1.82, 2.24) is 4.98 Å². The van der Waals surface area contributed by atoms with Crippen molar-refractivity contribution in [1.29, 1.82) is 0 Å². The number of nitro groups is 1. The number of nitrogens with zero attached hydrogens (tertiary/aromatic N) is 3. The molecule has 0 spiro atoms. The van der Waals surface area contributed by atoms with Crippen LogP contribution in [0.4, 0.5) is 17.3 Å². The van der Waals surface area contributed by atoms with Crippen LogP contribution in [0, 0.1) is 10.1 Å². The van der Waals surface area contributed by atoms with Gasteiger partial charge < -0.3 is 20.2 Å². The monoisotopic (exact) mass is 342 g/mol. The van der Waals surface area contributed by atoms with Crippen molar-refractivity contribution in [3.8, 4) is 5.75 Å². The van der Waals surface area contributed by atoms with Gasteiger partial charge in [0.2, 0.25) is 5.91 Å². The first kappa shape index (κ1) is 16.4. The van der Waals surface area contributed by atoms with Gasteiger partial charge in [0.1, 0.15) is 6.04 Å². The van der Waals surface area contributed by atoms with Crippen LogP contribution in [0.15, 0.2) is 42.5 Å². The fourth-order valence-electron chi connectivity index (χ4n) is 2.42. The van der Waals surface area contributed by atoms with E-state index in [-0.39, 0.29) is 18.2 Å². The summed E-state index contributed by atoms with van der Waals surface area (Å²) in [5.74, 6) is -1.21. The number of amides is 2. The molecule has 9 heteroatoms. The molecule has 1 aromatic carbocycles. The molecule has 25 heavy (non-hydrogen) atoms. The maximum atomic E-state index is 12.5. The molecule has 1 atom stereocenters. The Hall–Kier alpha value is -3.49. The zero-order chi connectivity index (χ0) is 18.0. The molecule has 0 bridgehead atoms. The fraction of sp³-hybridized carbons (Fsp3) is 0.188. The Morgan fingerprint density at radius 1 is 1.32 bits per heavy atom. The van der Waals surface area contributed by atoms with Gasteiger partial charge in [-0.25, -0.2) is 0 Å². The Morgan fingerprint density at radius 3 is 2.72 bits per heavy atom. The predicted octanol–water partition coefficient (Wildman–Crippen LogP) is 1.74. The van der Waals surface area contributed by atoms with E-state index in [4.69, 9.17) is 4.74 Å². The van der Waals surface area contributed by atoms with Crippen molar-refractivity contribution >= 4 is 29.1 Å². The number of anilines is 2. The third kappa shape index (κ3) is 3.25. The number of rotatable bonds is 4. The van der Waals surface area contributed by atoms with Crippen LogP contribution in [0.25, 0.3) is 0 Å². The van der Waals surface area contributed by atoms with Crippen molar-refractivity contribution in [3.63, 3.8) is 0 Å². The molecule has 1 aromatic heterocycles. The molecule has 0 radical (unpaired) electrons. The van der Waals surface area contributed by atoms with Crippen LogP contribution in [-0.2, 0) is 9.59 Å². The van der Waals surface area contributed by atoms with E-state index in [1.54, 1.807) is 24.3 Å². The molecule has 0 fully saturated rings. The summed E-state index contributed by atoms with van der Waals surface area (Å²) in [4.78, 5) is 40.0. The quantitative estimate of drug-likeness (QED) is 0.668. The van der Waals surface area contributed by atoms with Gasteiger partial charge in [0, 0.05) is 11.8 Å². The van der Waals surface area contributed by atoms with Gasteiger partial charge in [-0.1, -0.05) is 18.2 Å². The fourth-order valence-corrected chi connectivity index (χ4v) is 2.42. The highest BCUT2D eigenvalue weighted by Gasteiger charge is 2.38. The zero-order valence-electron chi connectivity index (χ0n) is 13.2. The number of aromatic nitrogens is 1. The summed E-state index contributed by atoms with van der Waals surface area (Å²) in [5.41, 5.74) is 0.576. The number of fused-ring (bicyclic) bond motifs is 1. The Morgan fingerprint density at radius 2 is 2.04 bits per heavy atom. The van der Waals surface area contributed by atoms with Crippen molar-refractivity contribution in [3.05, 3.63) is 52.6 Å². The lowest BCUT2D eigenvalue weighted by molar-refractivity contribution is -0.389. The number of carbonyl (C=O) groups excluding carboxylic acids is 2. The molecular formula is C16H14N4O5. The van der Waals surface area contributed by atoms with Gasteiger partial charge in [-0.15, -0.1) is 0 Å². The van der Waals surface area contributed by atoms with Crippen LogP contribution in [0.1, 0.15) is 6.92 Å². The number of hydrogen-bond acceptors (Lipinski definition) is 6. The van der Waals surface area contributed by atoms with E-state index in [0.29, 0.717) is 5.69 Å². The van der Waals surface area contributed by atoms with E-state index in [2.05, 4.69) is 10.3 Å². The molecule has 2 aromatic rings. The average Bonchev–Trinajstić information content (AvgIpc) is 2.61. The highest BCUT2D eigenvalue weighted by atomic mass is 16.6. The smallest absolute Gasteiger partial charge is 0.366 e. The second kappa shape index (κ2) is 6.56. The Kier molecular flexibility index (Phi) is 4.29. The molecule has 1 aliphatic rings. The van der Waals surface area contributed by atoms with Gasteiger partial charge in [-0.2, -0.15) is 0 Å². The molecular weight excluding hydrogens is 328 g/mol. The van der Waals surface area contributed by atoms with E-state index in [0.717, 1.165) is 4.90 Å². The topological polar surface area (TPSA) is 115 Å². The molecule has 128 valence electrons. The van der Waals surface area contributed by atoms with Crippen LogP contribution in [0.5, 0.6) is 5.75 Å². The van der Waals surface area contributed by atoms with Crippen LogP contribution in [0.3, 0.4) is 0 Å². The van der Waals surface area contributed by atoms with Crippen LogP contribution >= 0.6 is 0 Å². The maximum absolute atomic E-state index is 12.5. The average molecular weight is 342 g/mol. The highest BCUT2D eigenvalue weighted by molar-refractivity contribution is 6.06. The number of ether oxygens (including phenoxy) is 1. The van der Waals surface area contributed by atoms with Gasteiger partial charge >= 0.3 is 5.82 Å². The second-order valence-electron chi connectivity index (χ2n) is 5.33. The summed E-state index contributed by atoms with van der Waals surface area (Å²) in [7, 11) is 0. The van der Waals surface area contributed by atoms with Crippen LogP contribution in [0.2, 0.25) is 0 Å². The van der Waals surface area contributed by atoms with E-state index in [1.165, 1.54) is 19.1 Å². The minimum Gasteiger partial charge on any atom is -0.477 e. The molecule has 0 saturated heterocycles. The summed E-state index contributed by atoms with van der Waals surface area (Å²) in [6.07, 6.45) is 0. The molecule has 1 unspecified atom stereocenters. The largest absolute Gasteiger partial charge is 0.477 e. The van der Waals surface area contributed by atoms with Gasteiger partial charge in [-0.3, -0.25) is 14.5 Å². The first-order valence-electron chi connectivity index (χ1n) is 7.43. The Balaban J connectivity index is 1.90. The molecule has 1 aliphatic heterocycles. The van der Waals surface area contributed by atoms with Crippen molar-refractivity contribution in [2.24, 2.45) is 0 Å². The number of hydrogen-bond donors (Lipinski definition) is 1. The third-order valence-electron chi connectivity index (χ3n) is 3.67. The van der Waals surface area contributed by atoms with Gasteiger partial charge in [0.25, 0.3) is 11.7 Å². The normalized spacial score (nSPS) is 14.3. The Bertz CT molecular complexity index is 840. The van der Waals surface area contributed by atoms with Crippen molar-refractivity contribution in [2.45, 2.75) is 13.0 Å². The van der Waals surface area contributed by atoms with Gasteiger partial charge in [0.05, 0.1) is 0 Å². The lowest BCUT2D eigenvalue weighted by Crippen LogP contribution is -2.50. The van der Waals surface area contributed by atoms with Crippen molar-refractivity contribution < 1.29 is 19.2 Å². The number of carbonyl (C=O) groups is 2. The van der Waals surface area contributed by atoms with Gasteiger partial charge in [-0.05, 0) is 35.0 Å². The number of pyridine rings is 1. The lowest BCUT2D eigenvalue weighted by Gasteiger charge is -2.29. The summed E-state index contributed by atoms with van der Waals surface area (Å²) in [6.45, 7) is 1.25. The molecule has 3 rings (SSSR count). The minimum absolute atomic E-state index is 0.0406. The predicted molar refractivity (Wildman–Crippen MR) is 88.4 cm³/mol. The highest BCUT2D eigenvalue weighted by Crippen LogP contribution is 2.33. The maximum Gasteiger partial charge on any atom is 0.366 e. The van der Waals surface area contributed by atoms with E-state index in [1.807, 2.05) is 6.07 Å². The summed E-state index contributed by atoms with van der Waals surface area (Å²) < 4.78 is 5.24.